The lowest BCUT2D eigenvalue weighted by Gasteiger charge is -2.26. The van der Waals surface area contributed by atoms with E-state index in [9.17, 15) is 9.59 Å². The minimum absolute atomic E-state index is 0.134. The third-order valence-corrected chi connectivity index (χ3v) is 4.11. The number of hydrogen-bond donors (Lipinski definition) is 2. The summed E-state index contributed by atoms with van der Waals surface area (Å²) in [6, 6.07) is 0. The highest BCUT2D eigenvalue weighted by Crippen LogP contribution is 2.68. The van der Waals surface area contributed by atoms with Gasteiger partial charge in [0.15, 0.2) is 0 Å². The lowest BCUT2D eigenvalue weighted by molar-refractivity contribution is 0.0323. The van der Waals surface area contributed by atoms with E-state index in [4.69, 9.17) is 16.2 Å². The van der Waals surface area contributed by atoms with E-state index in [0.717, 1.165) is 44.9 Å². The third kappa shape index (κ3) is 2.68. The average molecular weight is 256 g/mol. The molecule has 0 heterocycles. The number of ether oxygens (including phenoxy) is 2. The van der Waals surface area contributed by atoms with Gasteiger partial charge in [0.25, 0.3) is 0 Å². The Kier molecular flexibility index (Phi) is 3.36. The van der Waals surface area contributed by atoms with Crippen molar-refractivity contribution in [2.45, 2.75) is 50.5 Å². The van der Waals surface area contributed by atoms with E-state index in [-0.39, 0.29) is 11.0 Å². The molecule has 0 aromatic rings. The molecule has 4 N–H and O–H groups in total. The van der Waals surface area contributed by atoms with Crippen molar-refractivity contribution in [1.82, 2.24) is 0 Å². The molecule has 0 atom stereocenters. The van der Waals surface area contributed by atoms with Crippen LogP contribution in [0.2, 0.25) is 0 Å². The fourth-order valence-electron chi connectivity index (χ4n) is 2.87. The number of primary amides is 2. The number of rotatable bonds is 7. The quantitative estimate of drug-likeness (QED) is 0.676. The molecule has 0 aromatic carbocycles. The molecule has 0 unspecified atom stereocenters. The van der Waals surface area contributed by atoms with Crippen LogP contribution in [-0.4, -0.2) is 24.4 Å². The highest BCUT2D eigenvalue weighted by atomic mass is 16.6. The SMILES string of the molecule is NC(=O)OCCCCC1(C2(OC(N)=O)CC2)CC1. The van der Waals surface area contributed by atoms with Crippen molar-refractivity contribution in [3.63, 3.8) is 0 Å². The second-order valence-electron chi connectivity index (χ2n) is 5.32. The van der Waals surface area contributed by atoms with E-state index in [1.807, 2.05) is 0 Å². The van der Waals surface area contributed by atoms with E-state index < -0.39 is 12.2 Å². The van der Waals surface area contributed by atoms with E-state index in [2.05, 4.69) is 4.74 Å². The van der Waals surface area contributed by atoms with Crippen molar-refractivity contribution in [3.8, 4) is 0 Å². The summed E-state index contributed by atoms with van der Waals surface area (Å²) in [5, 5.41) is 0. The Balaban J connectivity index is 1.72. The molecule has 2 aliphatic carbocycles. The molecule has 2 amide bonds. The van der Waals surface area contributed by atoms with Crippen LogP contribution in [0.3, 0.4) is 0 Å². The van der Waals surface area contributed by atoms with Gasteiger partial charge in [-0.1, -0.05) is 0 Å². The van der Waals surface area contributed by atoms with Crippen LogP contribution in [0.5, 0.6) is 0 Å². The molecule has 2 aliphatic rings. The second-order valence-corrected chi connectivity index (χ2v) is 5.32. The number of nitrogens with two attached hydrogens (primary N) is 2. The molecule has 0 bridgehead atoms. The first kappa shape index (κ1) is 13.0. The minimum Gasteiger partial charge on any atom is -0.450 e. The predicted molar refractivity (Wildman–Crippen MR) is 63.7 cm³/mol. The van der Waals surface area contributed by atoms with Gasteiger partial charge in [-0.25, -0.2) is 9.59 Å². The summed E-state index contributed by atoms with van der Waals surface area (Å²) in [5.41, 5.74) is 9.84. The van der Waals surface area contributed by atoms with Crippen LogP contribution in [-0.2, 0) is 9.47 Å². The summed E-state index contributed by atoms with van der Waals surface area (Å²) < 4.78 is 9.98. The van der Waals surface area contributed by atoms with Gasteiger partial charge in [0.2, 0.25) is 0 Å². The molecule has 0 aliphatic heterocycles. The van der Waals surface area contributed by atoms with Crippen LogP contribution in [0, 0.1) is 5.41 Å². The van der Waals surface area contributed by atoms with Gasteiger partial charge in [-0.15, -0.1) is 0 Å². The van der Waals surface area contributed by atoms with Crippen LogP contribution in [0.15, 0.2) is 0 Å². The molecule has 6 nitrogen and oxygen atoms in total. The van der Waals surface area contributed by atoms with E-state index in [1.54, 1.807) is 0 Å². The Hall–Kier alpha value is -1.46. The predicted octanol–water partition coefficient (Wildman–Crippen LogP) is 1.66. The number of carbonyl (C=O) groups is 2. The molecule has 102 valence electrons. The zero-order valence-corrected chi connectivity index (χ0v) is 10.4. The number of amides is 2. The van der Waals surface area contributed by atoms with Crippen LogP contribution in [0.1, 0.15) is 44.9 Å². The van der Waals surface area contributed by atoms with E-state index in [0.29, 0.717) is 6.61 Å². The fourth-order valence-corrected chi connectivity index (χ4v) is 2.87. The summed E-state index contributed by atoms with van der Waals surface area (Å²) in [4.78, 5) is 21.3. The summed E-state index contributed by atoms with van der Waals surface area (Å²) in [7, 11) is 0. The topological polar surface area (TPSA) is 105 Å². The number of carbonyl (C=O) groups excluding carboxylic acids is 2. The van der Waals surface area contributed by atoms with Gasteiger partial charge in [-0.05, 0) is 44.9 Å². The fraction of sp³-hybridized carbons (Fsp3) is 0.833. The lowest BCUT2D eigenvalue weighted by atomic mass is 9.90. The van der Waals surface area contributed by atoms with Gasteiger partial charge >= 0.3 is 12.2 Å². The first-order chi connectivity index (χ1) is 8.50. The Morgan fingerprint density at radius 3 is 2.11 bits per heavy atom. The van der Waals surface area contributed by atoms with Gasteiger partial charge in [-0.3, -0.25) is 0 Å². The van der Waals surface area contributed by atoms with Crippen molar-refractivity contribution in [2.75, 3.05) is 6.61 Å². The second kappa shape index (κ2) is 4.66. The van der Waals surface area contributed by atoms with Crippen molar-refractivity contribution >= 4 is 12.2 Å². The third-order valence-electron chi connectivity index (χ3n) is 4.11. The van der Waals surface area contributed by atoms with Gasteiger partial charge < -0.3 is 20.9 Å². The van der Waals surface area contributed by atoms with E-state index >= 15 is 0 Å². The molecule has 2 fully saturated rings. The summed E-state index contributed by atoms with van der Waals surface area (Å²) in [6.07, 6.45) is 5.36. The zero-order valence-electron chi connectivity index (χ0n) is 10.4. The Morgan fingerprint density at radius 1 is 1.00 bits per heavy atom. The van der Waals surface area contributed by atoms with Crippen molar-refractivity contribution in [2.24, 2.45) is 16.9 Å². The molecule has 18 heavy (non-hydrogen) atoms. The molecule has 6 heteroatoms. The zero-order chi connectivity index (χ0) is 13.2. The monoisotopic (exact) mass is 256 g/mol. The first-order valence-corrected chi connectivity index (χ1v) is 6.40. The van der Waals surface area contributed by atoms with Gasteiger partial charge in [-0.2, -0.15) is 0 Å². The molecule has 0 radical (unpaired) electrons. The lowest BCUT2D eigenvalue weighted by Crippen LogP contribution is -2.33. The van der Waals surface area contributed by atoms with Gasteiger partial charge in [0.1, 0.15) is 5.60 Å². The smallest absolute Gasteiger partial charge is 0.405 e. The van der Waals surface area contributed by atoms with Crippen molar-refractivity contribution in [3.05, 3.63) is 0 Å². The summed E-state index contributed by atoms with van der Waals surface area (Å²) in [6.45, 7) is 0.356. The molecule has 0 saturated heterocycles. The normalized spacial score (nSPS) is 22.0. The van der Waals surface area contributed by atoms with Crippen LogP contribution in [0.25, 0.3) is 0 Å². The first-order valence-electron chi connectivity index (χ1n) is 6.40. The van der Waals surface area contributed by atoms with Crippen LogP contribution < -0.4 is 11.5 Å². The molecular weight excluding hydrogens is 236 g/mol. The number of hydrogen-bond acceptors (Lipinski definition) is 4. The standard InChI is InChI=1S/C12H20N2O4/c13-9(15)17-8-2-1-3-11(4-5-11)12(6-7-12)18-10(14)16/h1-8H2,(H2,13,15)(H2,14,16). The molecule has 0 aromatic heterocycles. The maximum Gasteiger partial charge on any atom is 0.405 e. The molecular formula is C12H20N2O4. The van der Waals surface area contributed by atoms with Crippen molar-refractivity contribution in [1.29, 1.82) is 0 Å². The molecule has 2 saturated carbocycles. The molecule has 2 rings (SSSR count). The van der Waals surface area contributed by atoms with Gasteiger partial charge in [0, 0.05) is 5.41 Å². The van der Waals surface area contributed by atoms with Crippen LogP contribution >= 0.6 is 0 Å². The Bertz CT molecular complexity index is 348. The highest BCUT2D eigenvalue weighted by Gasteiger charge is 2.67. The molecule has 0 spiro atoms. The number of unbranched alkanes of at least 4 members (excludes halogenated alkanes) is 1. The largest absolute Gasteiger partial charge is 0.450 e. The Labute approximate surface area is 106 Å². The van der Waals surface area contributed by atoms with E-state index in [1.165, 1.54) is 0 Å². The van der Waals surface area contributed by atoms with Crippen LogP contribution in [0.4, 0.5) is 9.59 Å². The van der Waals surface area contributed by atoms with Gasteiger partial charge in [0.05, 0.1) is 6.61 Å². The maximum absolute atomic E-state index is 10.9. The highest BCUT2D eigenvalue weighted by molar-refractivity contribution is 5.66. The minimum atomic E-state index is -0.730. The average Bonchev–Trinajstić information content (AvgIpc) is 3.11. The summed E-state index contributed by atoms with van der Waals surface area (Å²) >= 11 is 0. The van der Waals surface area contributed by atoms with Crippen molar-refractivity contribution < 1.29 is 19.1 Å². The summed E-state index contributed by atoms with van der Waals surface area (Å²) in [5.74, 6) is 0. The Morgan fingerprint density at radius 2 is 1.67 bits per heavy atom. The maximum atomic E-state index is 10.9.